The van der Waals surface area contributed by atoms with E-state index in [1.165, 1.54) is 12.8 Å². The minimum Gasteiger partial charge on any atom is -0.468 e. The molecule has 0 aliphatic carbocycles. The smallest absolute Gasteiger partial charge is 0.120 e. The maximum absolute atomic E-state index is 9.92. The molecule has 0 bridgehead atoms. The molecular formula is C13H22N2O2. The van der Waals surface area contributed by atoms with E-state index in [4.69, 9.17) is 4.42 Å². The predicted octanol–water partition coefficient (Wildman–Crippen LogP) is 1.39. The predicted molar refractivity (Wildman–Crippen MR) is 66.8 cm³/mol. The van der Waals surface area contributed by atoms with Crippen LogP contribution in [0.5, 0.6) is 0 Å². The topological polar surface area (TPSA) is 48.6 Å². The zero-order valence-electron chi connectivity index (χ0n) is 10.4. The molecule has 0 amide bonds. The molecule has 1 aromatic rings. The molecule has 2 atom stereocenters. The monoisotopic (exact) mass is 238 g/mol. The van der Waals surface area contributed by atoms with Crippen LogP contribution in [0, 0.1) is 0 Å². The van der Waals surface area contributed by atoms with Crippen molar-refractivity contribution in [1.82, 2.24) is 10.2 Å². The van der Waals surface area contributed by atoms with E-state index in [9.17, 15) is 5.11 Å². The van der Waals surface area contributed by atoms with E-state index in [-0.39, 0.29) is 12.1 Å². The third-order valence-corrected chi connectivity index (χ3v) is 3.30. The van der Waals surface area contributed by atoms with Crippen LogP contribution in [0.25, 0.3) is 0 Å². The van der Waals surface area contributed by atoms with Crippen molar-refractivity contribution in [1.29, 1.82) is 0 Å². The Morgan fingerprint density at radius 3 is 2.88 bits per heavy atom. The van der Waals surface area contributed by atoms with Gasteiger partial charge in [-0.25, -0.2) is 0 Å². The lowest BCUT2D eigenvalue weighted by molar-refractivity contribution is 0.120. The summed E-state index contributed by atoms with van der Waals surface area (Å²) in [6.07, 6.45) is 3.91. The van der Waals surface area contributed by atoms with Crippen molar-refractivity contribution in [2.24, 2.45) is 0 Å². The lowest BCUT2D eigenvalue weighted by Crippen LogP contribution is -2.37. The van der Waals surface area contributed by atoms with Crippen molar-refractivity contribution in [3.63, 3.8) is 0 Å². The van der Waals surface area contributed by atoms with Crippen LogP contribution in [0.2, 0.25) is 0 Å². The molecule has 2 N–H and O–H groups in total. The Balaban J connectivity index is 1.66. The van der Waals surface area contributed by atoms with Crippen molar-refractivity contribution < 1.29 is 9.52 Å². The number of nitrogens with zero attached hydrogens (tertiary/aromatic N) is 1. The van der Waals surface area contributed by atoms with Crippen LogP contribution in [0.4, 0.5) is 0 Å². The number of hydrogen-bond donors (Lipinski definition) is 2. The van der Waals surface area contributed by atoms with Crippen molar-refractivity contribution in [2.45, 2.75) is 31.9 Å². The summed E-state index contributed by atoms with van der Waals surface area (Å²) in [7, 11) is 0. The highest BCUT2D eigenvalue weighted by Crippen LogP contribution is 2.12. The van der Waals surface area contributed by atoms with Crippen molar-refractivity contribution in [2.75, 3.05) is 26.2 Å². The zero-order valence-corrected chi connectivity index (χ0v) is 10.4. The molecule has 1 aliphatic heterocycles. The van der Waals surface area contributed by atoms with Gasteiger partial charge in [0, 0.05) is 13.1 Å². The maximum atomic E-state index is 9.92. The largest absolute Gasteiger partial charge is 0.468 e. The maximum Gasteiger partial charge on any atom is 0.120 e. The van der Waals surface area contributed by atoms with Crippen LogP contribution in [0.1, 0.15) is 31.6 Å². The number of aliphatic hydroxyl groups is 1. The number of furan rings is 1. The van der Waals surface area contributed by atoms with E-state index in [0.717, 1.165) is 25.4 Å². The molecule has 2 rings (SSSR count). The third kappa shape index (κ3) is 3.84. The van der Waals surface area contributed by atoms with Crippen molar-refractivity contribution >= 4 is 0 Å². The fourth-order valence-corrected chi connectivity index (χ4v) is 2.28. The highest BCUT2D eigenvalue weighted by Gasteiger charge is 2.16. The van der Waals surface area contributed by atoms with E-state index in [1.807, 2.05) is 19.1 Å². The summed E-state index contributed by atoms with van der Waals surface area (Å²) in [5.74, 6) is 0.915. The highest BCUT2D eigenvalue weighted by atomic mass is 16.3. The summed E-state index contributed by atoms with van der Waals surface area (Å²) in [5, 5.41) is 13.2. The fraction of sp³-hybridized carbons (Fsp3) is 0.692. The quantitative estimate of drug-likeness (QED) is 0.786. The Kier molecular flexibility index (Phi) is 4.59. The molecule has 0 radical (unpaired) electrons. The minimum absolute atomic E-state index is 0.151. The van der Waals surface area contributed by atoms with Gasteiger partial charge in [-0.05, 0) is 45.0 Å². The Bertz CT molecular complexity index is 307. The molecular weight excluding hydrogens is 216 g/mol. The standard InChI is InChI=1S/C13H22N2O2/c1-11(13-5-4-8-17-13)14-9-12(16)10-15-6-2-3-7-15/h4-5,8,11-12,14,16H,2-3,6-7,9-10H2,1H3. The van der Waals surface area contributed by atoms with Crippen LogP contribution >= 0.6 is 0 Å². The molecule has 0 saturated carbocycles. The van der Waals surface area contributed by atoms with Crippen molar-refractivity contribution in [3.05, 3.63) is 24.2 Å². The summed E-state index contributed by atoms with van der Waals surface area (Å²) in [6, 6.07) is 3.98. The number of hydrogen-bond acceptors (Lipinski definition) is 4. The van der Waals surface area contributed by atoms with Gasteiger partial charge in [0.1, 0.15) is 5.76 Å². The third-order valence-electron chi connectivity index (χ3n) is 3.30. The molecule has 1 saturated heterocycles. The van der Waals surface area contributed by atoms with E-state index < -0.39 is 0 Å². The fourth-order valence-electron chi connectivity index (χ4n) is 2.28. The van der Waals surface area contributed by atoms with Crippen LogP contribution in [0.15, 0.2) is 22.8 Å². The normalized spacial score (nSPS) is 20.6. The van der Waals surface area contributed by atoms with Gasteiger partial charge in [-0.2, -0.15) is 0 Å². The van der Waals surface area contributed by atoms with E-state index in [2.05, 4.69) is 10.2 Å². The first-order chi connectivity index (χ1) is 8.25. The number of β-amino-alcohol motifs (C(OH)–C–C–N with tert-alkyl or cyclic N) is 1. The minimum atomic E-state index is -0.300. The van der Waals surface area contributed by atoms with E-state index >= 15 is 0 Å². The van der Waals surface area contributed by atoms with Gasteiger partial charge in [-0.1, -0.05) is 0 Å². The number of rotatable bonds is 6. The summed E-state index contributed by atoms with van der Waals surface area (Å²) < 4.78 is 5.31. The SMILES string of the molecule is CC(NCC(O)CN1CCCC1)c1ccco1. The van der Waals surface area contributed by atoms with Crippen LogP contribution in [0.3, 0.4) is 0 Å². The molecule has 0 aromatic carbocycles. The number of likely N-dealkylation sites (tertiary alicyclic amines) is 1. The van der Waals surface area contributed by atoms with Crippen molar-refractivity contribution in [3.8, 4) is 0 Å². The molecule has 1 aromatic heterocycles. The van der Waals surface area contributed by atoms with Gasteiger partial charge in [0.05, 0.1) is 18.4 Å². The van der Waals surface area contributed by atoms with E-state index in [1.54, 1.807) is 6.26 Å². The molecule has 4 nitrogen and oxygen atoms in total. The molecule has 17 heavy (non-hydrogen) atoms. The van der Waals surface area contributed by atoms with Gasteiger partial charge in [0.25, 0.3) is 0 Å². The Morgan fingerprint density at radius 1 is 1.47 bits per heavy atom. The number of aliphatic hydroxyl groups excluding tert-OH is 1. The van der Waals surface area contributed by atoms with Gasteiger partial charge in [-0.3, -0.25) is 0 Å². The average Bonchev–Trinajstić information content (AvgIpc) is 2.97. The van der Waals surface area contributed by atoms with Crippen LogP contribution in [-0.2, 0) is 0 Å². The average molecular weight is 238 g/mol. The summed E-state index contributed by atoms with van der Waals surface area (Å²) in [6.45, 7) is 5.69. The molecule has 2 unspecified atom stereocenters. The lowest BCUT2D eigenvalue weighted by atomic mass is 10.2. The van der Waals surface area contributed by atoms with E-state index in [0.29, 0.717) is 6.54 Å². The second-order valence-electron chi connectivity index (χ2n) is 4.81. The number of nitrogens with one attached hydrogen (secondary N) is 1. The molecule has 2 heterocycles. The molecule has 0 spiro atoms. The van der Waals surface area contributed by atoms with Gasteiger partial charge >= 0.3 is 0 Å². The summed E-state index contributed by atoms with van der Waals surface area (Å²) in [4.78, 5) is 2.32. The van der Waals surface area contributed by atoms with Gasteiger partial charge in [-0.15, -0.1) is 0 Å². The zero-order chi connectivity index (χ0) is 12.1. The first-order valence-corrected chi connectivity index (χ1v) is 6.43. The van der Waals surface area contributed by atoms with Gasteiger partial charge in [0.15, 0.2) is 0 Å². The Labute approximate surface area is 103 Å². The lowest BCUT2D eigenvalue weighted by Gasteiger charge is -2.21. The van der Waals surface area contributed by atoms with Crippen LogP contribution in [-0.4, -0.2) is 42.3 Å². The molecule has 4 heteroatoms. The second kappa shape index (κ2) is 6.19. The van der Waals surface area contributed by atoms with Gasteiger partial charge < -0.3 is 19.7 Å². The first kappa shape index (κ1) is 12.6. The molecule has 96 valence electrons. The van der Waals surface area contributed by atoms with Gasteiger partial charge in [0.2, 0.25) is 0 Å². The Hall–Kier alpha value is -0.840. The molecule has 1 fully saturated rings. The summed E-state index contributed by atoms with van der Waals surface area (Å²) >= 11 is 0. The molecule has 1 aliphatic rings. The second-order valence-corrected chi connectivity index (χ2v) is 4.81. The van der Waals surface area contributed by atoms with Crippen LogP contribution < -0.4 is 5.32 Å². The first-order valence-electron chi connectivity index (χ1n) is 6.43. The Morgan fingerprint density at radius 2 is 2.24 bits per heavy atom. The summed E-state index contributed by atoms with van der Waals surface area (Å²) in [5.41, 5.74) is 0. The highest BCUT2D eigenvalue weighted by molar-refractivity contribution is 5.02.